The SMILES string of the molecule is COc1cc(C(C)=O)ccc1OC(=O)c1ccc(Cl)cc1Cl. The van der Waals surface area contributed by atoms with Gasteiger partial charge in [-0.3, -0.25) is 4.79 Å². The van der Waals surface area contributed by atoms with Crippen molar-refractivity contribution in [3.63, 3.8) is 0 Å². The number of Topliss-reactive ketones (excluding diaryl/α,β-unsaturated/α-hetero) is 1. The van der Waals surface area contributed by atoms with E-state index in [1.807, 2.05) is 0 Å². The largest absolute Gasteiger partial charge is 0.493 e. The molecule has 0 aliphatic rings. The molecular formula is C16H12Cl2O4. The number of hydrogen-bond acceptors (Lipinski definition) is 4. The molecule has 0 amide bonds. The van der Waals surface area contributed by atoms with Crippen molar-refractivity contribution < 1.29 is 19.1 Å². The molecule has 0 aliphatic carbocycles. The van der Waals surface area contributed by atoms with Crippen molar-refractivity contribution in [3.8, 4) is 11.5 Å². The highest BCUT2D eigenvalue weighted by molar-refractivity contribution is 6.36. The molecule has 0 N–H and O–H groups in total. The standard InChI is InChI=1S/C16H12Cl2O4/c1-9(19)10-3-6-14(15(7-10)21-2)22-16(20)12-5-4-11(17)8-13(12)18/h3-8H,1-2H3. The molecule has 0 atom stereocenters. The number of carbonyl (C=O) groups excluding carboxylic acids is 2. The number of methoxy groups -OCH3 is 1. The van der Waals surface area contributed by atoms with Crippen LogP contribution < -0.4 is 9.47 Å². The molecule has 4 nitrogen and oxygen atoms in total. The highest BCUT2D eigenvalue weighted by Gasteiger charge is 2.16. The number of carbonyl (C=O) groups is 2. The predicted molar refractivity (Wildman–Crippen MR) is 84.4 cm³/mol. The normalized spacial score (nSPS) is 10.2. The summed E-state index contributed by atoms with van der Waals surface area (Å²) < 4.78 is 10.4. The van der Waals surface area contributed by atoms with Crippen LogP contribution in [0, 0.1) is 0 Å². The Kier molecular flexibility index (Phi) is 5.06. The molecule has 0 heterocycles. The molecule has 0 radical (unpaired) electrons. The van der Waals surface area contributed by atoms with E-state index in [2.05, 4.69) is 0 Å². The van der Waals surface area contributed by atoms with Crippen LogP contribution in [0.5, 0.6) is 11.5 Å². The molecule has 0 fully saturated rings. The van der Waals surface area contributed by atoms with Gasteiger partial charge in [-0.15, -0.1) is 0 Å². The van der Waals surface area contributed by atoms with Crippen LogP contribution >= 0.6 is 23.2 Å². The van der Waals surface area contributed by atoms with Crippen molar-refractivity contribution in [2.75, 3.05) is 7.11 Å². The second kappa shape index (κ2) is 6.81. The lowest BCUT2D eigenvalue weighted by atomic mass is 10.1. The maximum absolute atomic E-state index is 12.2. The van der Waals surface area contributed by atoms with Gasteiger partial charge < -0.3 is 9.47 Å². The second-order valence-corrected chi connectivity index (χ2v) is 5.28. The summed E-state index contributed by atoms with van der Waals surface area (Å²) in [5.41, 5.74) is 0.643. The summed E-state index contributed by atoms with van der Waals surface area (Å²) in [6.07, 6.45) is 0. The minimum atomic E-state index is -0.643. The second-order valence-electron chi connectivity index (χ2n) is 4.44. The Hall–Kier alpha value is -2.04. The number of hydrogen-bond donors (Lipinski definition) is 0. The summed E-state index contributed by atoms with van der Waals surface area (Å²) in [5.74, 6) is -0.276. The maximum Gasteiger partial charge on any atom is 0.345 e. The third kappa shape index (κ3) is 3.59. The first-order chi connectivity index (χ1) is 10.4. The zero-order chi connectivity index (χ0) is 16.3. The number of esters is 1. The number of ketones is 1. The van der Waals surface area contributed by atoms with E-state index in [1.54, 1.807) is 12.1 Å². The van der Waals surface area contributed by atoms with E-state index >= 15 is 0 Å². The van der Waals surface area contributed by atoms with Crippen molar-refractivity contribution in [1.29, 1.82) is 0 Å². The molecule has 0 spiro atoms. The molecule has 6 heteroatoms. The summed E-state index contributed by atoms with van der Waals surface area (Å²) in [4.78, 5) is 23.5. The predicted octanol–water partition coefficient (Wildman–Crippen LogP) is 4.42. The molecule has 0 aromatic heterocycles. The zero-order valence-corrected chi connectivity index (χ0v) is 13.4. The van der Waals surface area contributed by atoms with E-state index in [9.17, 15) is 9.59 Å². The van der Waals surface area contributed by atoms with Gasteiger partial charge in [0.1, 0.15) is 0 Å². The quantitative estimate of drug-likeness (QED) is 0.470. The van der Waals surface area contributed by atoms with E-state index in [0.29, 0.717) is 10.6 Å². The van der Waals surface area contributed by atoms with Crippen molar-refractivity contribution >= 4 is 35.0 Å². The highest BCUT2D eigenvalue weighted by Crippen LogP contribution is 2.30. The molecular weight excluding hydrogens is 327 g/mol. The van der Waals surface area contributed by atoms with Gasteiger partial charge in [0.2, 0.25) is 0 Å². The average molecular weight is 339 g/mol. The fourth-order valence-electron chi connectivity index (χ4n) is 1.78. The van der Waals surface area contributed by atoms with Crippen LogP contribution in [0.4, 0.5) is 0 Å². The summed E-state index contributed by atoms with van der Waals surface area (Å²) >= 11 is 11.8. The first kappa shape index (κ1) is 16.3. The lowest BCUT2D eigenvalue weighted by Gasteiger charge is -2.11. The first-order valence-electron chi connectivity index (χ1n) is 6.28. The number of benzene rings is 2. The number of halogens is 2. The van der Waals surface area contributed by atoms with Crippen LogP contribution in [0.15, 0.2) is 36.4 Å². The average Bonchev–Trinajstić information content (AvgIpc) is 2.47. The molecule has 22 heavy (non-hydrogen) atoms. The van der Waals surface area contributed by atoms with Crippen molar-refractivity contribution in [3.05, 3.63) is 57.6 Å². The molecule has 0 saturated carbocycles. The summed E-state index contributed by atoms with van der Waals surface area (Å²) in [6.45, 7) is 1.44. The Morgan fingerprint density at radius 1 is 1.00 bits per heavy atom. The smallest absolute Gasteiger partial charge is 0.345 e. The lowest BCUT2D eigenvalue weighted by molar-refractivity contribution is 0.0730. The third-order valence-electron chi connectivity index (χ3n) is 2.92. The van der Waals surface area contributed by atoms with Gasteiger partial charge in [0.15, 0.2) is 17.3 Å². The molecule has 0 saturated heterocycles. The van der Waals surface area contributed by atoms with Gasteiger partial charge in [-0.2, -0.15) is 0 Å². The van der Waals surface area contributed by atoms with Crippen LogP contribution in [0.2, 0.25) is 10.0 Å². The lowest BCUT2D eigenvalue weighted by Crippen LogP contribution is -2.10. The van der Waals surface area contributed by atoms with Gasteiger partial charge >= 0.3 is 5.97 Å². The van der Waals surface area contributed by atoms with E-state index in [4.69, 9.17) is 32.7 Å². The van der Waals surface area contributed by atoms with Crippen LogP contribution in [0.25, 0.3) is 0 Å². The Morgan fingerprint density at radius 3 is 2.32 bits per heavy atom. The van der Waals surface area contributed by atoms with Gasteiger partial charge in [0.05, 0.1) is 17.7 Å². The fourth-order valence-corrected chi connectivity index (χ4v) is 2.27. The molecule has 114 valence electrons. The molecule has 2 aromatic carbocycles. The van der Waals surface area contributed by atoms with Crippen molar-refractivity contribution in [2.24, 2.45) is 0 Å². The van der Waals surface area contributed by atoms with Crippen LogP contribution in [0.1, 0.15) is 27.6 Å². The fraction of sp³-hybridized carbons (Fsp3) is 0.125. The first-order valence-corrected chi connectivity index (χ1v) is 7.04. The Bertz CT molecular complexity index is 741. The van der Waals surface area contributed by atoms with E-state index in [-0.39, 0.29) is 27.9 Å². The zero-order valence-electron chi connectivity index (χ0n) is 11.9. The number of ether oxygens (including phenoxy) is 2. The van der Waals surface area contributed by atoms with Crippen LogP contribution in [-0.2, 0) is 0 Å². The third-order valence-corrected chi connectivity index (χ3v) is 3.47. The maximum atomic E-state index is 12.2. The van der Waals surface area contributed by atoms with E-state index in [1.165, 1.54) is 38.3 Å². The molecule has 0 unspecified atom stereocenters. The highest BCUT2D eigenvalue weighted by atomic mass is 35.5. The minimum absolute atomic E-state index is 0.114. The summed E-state index contributed by atoms with van der Waals surface area (Å²) in [5, 5.41) is 0.613. The molecule has 0 aliphatic heterocycles. The Labute approximate surface area is 137 Å². The van der Waals surface area contributed by atoms with E-state index in [0.717, 1.165) is 0 Å². The van der Waals surface area contributed by atoms with Gasteiger partial charge in [-0.05, 0) is 43.3 Å². The van der Waals surface area contributed by atoms with E-state index < -0.39 is 5.97 Å². The number of rotatable bonds is 4. The Balaban J connectivity index is 2.30. The van der Waals surface area contributed by atoms with Crippen LogP contribution in [0.3, 0.4) is 0 Å². The van der Waals surface area contributed by atoms with Gasteiger partial charge in [-0.25, -0.2) is 4.79 Å². The van der Waals surface area contributed by atoms with Gasteiger partial charge in [-0.1, -0.05) is 23.2 Å². The van der Waals surface area contributed by atoms with Gasteiger partial charge in [0, 0.05) is 10.6 Å². The molecule has 2 rings (SSSR count). The minimum Gasteiger partial charge on any atom is -0.493 e. The van der Waals surface area contributed by atoms with Gasteiger partial charge in [0.25, 0.3) is 0 Å². The van der Waals surface area contributed by atoms with Crippen molar-refractivity contribution in [2.45, 2.75) is 6.92 Å². The molecule has 0 bridgehead atoms. The van der Waals surface area contributed by atoms with Crippen LogP contribution in [-0.4, -0.2) is 18.9 Å². The summed E-state index contributed by atoms with van der Waals surface area (Å²) in [6, 6.07) is 9.03. The summed E-state index contributed by atoms with van der Waals surface area (Å²) in [7, 11) is 1.42. The monoisotopic (exact) mass is 338 g/mol. The topological polar surface area (TPSA) is 52.6 Å². The molecule has 2 aromatic rings. The Morgan fingerprint density at radius 2 is 1.73 bits per heavy atom. The van der Waals surface area contributed by atoms with Crippen molar-refractivity contribution in [1.82, 2.24) is 0 Å².